The highest BCUT2D eigenvalue weighted by Gasteiger charge is 2.18. The van der Waals surface area contributed by atoms with Crippen molar-refractivity contribution in [3.63, 3.8) is 0 Å². The Balaban J connectivity index is 2.27. The second kappa shape index (κ2) is 6.17. The minimum absolute atomic E-state index is 0.435. The van der Waals surface area contributed by atoms with Crippen LogP contribution in [0.2, 0.25) is 10.0 Å². The number of hydrogen-bond acceptors (Lipinski definition) is 2. The molecule has 0 aliphatic heterocycles. The van der Waals surface area contributed by atoms with Gasteiger partial charge in [-0.1, -0.05) is 36.2 Å². The zero-order valence-electron chi connectivity index (χ0n) is 11.8. The quantitative estimate of drug-likeness (QED) is 0.930. The van der Waals surface area contributed by atoms with Crippen LogP contribution in [0.25, 0.3) is 0 Å². The number of halogens is 2. The smallest absolute Gasteiger partial charge is 0.0850 e. The average molecular weight is 313 g/mol. The Bertz CT molecular complexity index is 623. The van der Waals surface area contributed by atoms with Crippen molar-refractivity contribution in [3.8, 4) is 0 Å². The molecule has 0 saturated heterocycles. The summed E-state index contributed by atoms with van der Waals surface area (Å²) in [5, 5.41) is 16.1. The van der Waals surface area contributed by atoms with Crippen molar-refractivity contribution in [1.82, 2.24) is 9.78 Å². The average Bonchev–Trinajstić information content (AvgIpc) is 2.66. The molecule has 0 saturated carbocycles. The van der Waals surface area contributed by atoms with Gasteiger partial charge in [-0.05, 0) is 36.6 Å². The van der Waals surface area contributed by atoms with Gasteiger partial charge in [-0.3, -0.25) is 4.68 Å². The molecular weight excluding hydrogens is 295 g/mol. The van der Waals surface area contributed by atoms with E-state index in [4.69, 9.17) is 23.2 Å². The molecule has 108 valence electrons. The fourth-order valence-electron chi connectivity index (χ4n) is 2.35. The maximum absolute atomic E-state index is 10.4. The first-order valence-corrected chi connectivity index (χ1v) is 7.34. The maximum Gasteiger partial charge on any atom is 0.0850 e. The summed E-state index contributed by atoms with van der Waals surface area (Å²) in [4.78, 5) is 0. The predicted octanol–water partition coefficient (Wildman–Crippen LogP) is 3.87. The predicted molar refractivity (Wildman–Crippen MR) is 82.4 cm³/mol. The van der Waals surface area contributed by atoms with Gasteiger partial charge in [-0.25, -0.2) is 0 Å². The Morgan fingerprint density at radius 3 is 2.60 bits per heavy atom. The van der Waals surface area contributed by atoms with Crippen LogP contribution >= 0.6 is 23.2 Å². The Hall–Kier alpha value is -1.03. The van der Waals surface area contributed by atoms with E-state index in [2.05, 4.69) is 5.10 Å². The highest BCUT2D eigenvalue weighted by Crippen LogP contribution is 2.28. The van der Waals surface area contributed by atoms with E-state index in [1.807, 2.05) is 33.0 Å². The number of hydrogen-bond donors (Lipinski definition) is 1. The number of benzene rings is 1. The molecule has 1 N–H and O–H groups in total. The number of aryl methyl sites for hydroxylation is 3. The molecule has 0 aliphatic rings. The summed E-state index contributed by atoms with van der Waals surface area (Å²) in [6.07, 6.45) is 0.595. The number of aromatic nitrogens is 2. The van der Waals surface area contributed by atoms with Gasteiger partial charge in [0.25, 0.3) is 0 Å². The summed E-state index contributed by atoms with van der Waals surface area (Å²) in [5.74, 6) is 0. The summed E-state index contributed by atoms with van der Waals surface area (Å²) in [6, 6.07) is 5.49. The van der Waals surface area contributed by atoms with Crippen LogP contribution in [0, 0.1) is 6.92 Å². The molecule has 1 heterocycles. The fourth-order valence-corrected chi connectivity index (χ4v) is 2.95. The van der Waals surface area contributed by atoms with Crippen molar-refractivity contribution >= 4 is 23.2 Å². The van der Waals surface area contributed by atoms with Gasteiger partial charge >= 0.3 is 0 Å². The molecule has 0 radical (unpaired) electrons. The Morgan fingerprint density at radius 2 is 2.05 bits per heavy atom. The van der Waals surface area contributed by atoms with E-state index in [9.17, 15) is 5.11 Å². The Morgan fingerprint density at radius 1 is 1.35 bits per heavy atom. The molecule has 0 amide bonds. The summed E-state index contributed by atoms with van der Waals surface area (Å²) < 4.78 is 1.75. The zero-order chi connectivity index (χ0) is 14.9. The Labute approximate surface area is 129 Å². The van der Waals surface area contributed by atoms with Crippen LogP contribution < -0.4 is 0 Å². The van der Waals surface area contributed by atoms with Crippen molar-refractivity contribution in [3.05, 3.63) is 50.8 Å². The van der Waals surface area contributed by atoms with Gasteiger partial charge in [-0.15, -0.1) is 0 Å². The van der Waals surface area contributed by atoms with Gasteiger partial charge in [0.2, 0.25) is 0 Å². The third kappa shape index (κ3) is 3.00. The summed E-state index contributed by atoms with van der Waals surface area (Å²) in [7, 11) is 1.85. The number of rotatable bonds is 4. The summed E-state index contributed by atoms with van der Waals surface area (Å²) in [5.41, 5.74) is 3.55. The Kier molecular flexibility index (Phi) is 4.74. The van der Waals surface area contributed by atoms with Crippen molar-refractivity contribution < 1.29 is 5.11 Å². The standard InChI is InChI=1S/C15H18Cl2N2O/c1-4-12-15(17)13(19(3)18-12)8-14(20)11-6-5-10(16)7-9(11)2/h5-7,14,20H,4,8H2,1-3H3. The van der Waals surface area contributed by atoms with Crippen molar-refractivity contribution in [1.29, 1.82) is 0 Å². The topological polar surface area (TPSA) is 38.0 Å². The van der Waals surface area contributed by atoms with Crippen molar-refractivity contribution in [2.24, 2.45) is 7.05 Å². The highest BCUT2D eigenvalue weighted by molar-refractivity contribution is 6.32. The molecule has 0 bridgehead atoms. The van der Waals surface area contributed by atoms with Gasteiger partial charge in [0.05, 0.1) is 22.5 Å². The van der Waals surface area contributed by atoms with Crippen LogP contribution in [0.5, 0.6) is 0 Å². The molecule has 1 atom stereocenters. The second-order valence-corrected chi connectivity index (χ2v) is 5.72. The van der Waals surface area contributed by atoms with E-state index in [0.29, 0.717) is 16.5 Å². The largest absolute Gasteiger partial charge is 0.388 e. The second-order valence-electron chi connectivity index (χ2n) is 4.91. The van der Waals surface area contributed by atoms with Gasteiger partial charge < -0.3 is 5.11 Å². The van der Waals surface area contributed by atoms with Crippen LogP contribution in [-0.2, 0) is 19.9 Å². The normalized spacial score (nSPS) is 12.7. The van der Waals surface area contributed by atoms with E-state index >= 15 is 0 Å². The summed E-state index contributed by atoms with van der Waals surface area (Å²) in [6.45, 7) is 3.95. The lowest BCUT2D eigenvalue weighted by Crippen LogP contribution is -2.08. The molecule has 1 aromatic carbocycles. The molecule has 0 aliphatic carbocycles. The van der Waals surface area contributed by atoms with E-state index in [-0.39, 0.29) is 0 Å². The third-order valence-corrected chi connectivity index (χ3v) is 4.15. The van der Waals surface area contributed by atoms with E-state index < -0.39 is 6.10 Å². The molecule has 2 aromatic rings. The van der Waals surface area contributed by atoms with Crippen molar-refractivity contribution in [2.75, 3.05) is 0 Å². The molecule has 1 aromatic heterocycles. The lowest BCUT2D eigenvalue weighted by atomic mass is 10.00. The van der Waals surface area contributed by atoms with E-state index in [0.717, 1.165) is 28.9 Å². The third-order valence-electron chi connectivity index (χ3n) is 3.48. The van der Waals surface area contributed by atoms with Crippen LogP contribution in [0.4, 0.5) is 0 Å². The van der Waals surface area contributed by atoms with E-state index in [1.165, 1.54) is 0 Å². The first-order valence-electron chi connectivity index (χ1n) is 6.58. The summed E-state index contributed by atoms with van der Waals surface area (Å²) >= 11 is 12.2. The SMILES string of the molecule is CCc1nn(C)c(CC(O)c2ccc(Cl)cc2C)c1Cl. The molecule has 3 nitrogen and oxygen atoms in total. The maximum atomic E-state index is 10.4. The zero-order valence-corrected chi connectivity index (χ0v) is 13.3. The van der Waals surface area contributed by atoms with Gasteiger partial charge in [0, 0.05) is 18.5 Å². The minimum Gasteiger partial charge on any atom is -0.388 e. The number of aliphatic hydroxyl groups is 1. The number of aliphatic hydroxyl groups excluding tert-OH is 1. The van der Waals surface area contributed by atoms with Crippen LogP contribution in [-0.4, -0.2) is 14.9 Å². The van der Waals surface area contributed by atoms with Gasteiger partial charge in [-0.2, -0.15) is 5.10 Å². The molecule has 0 fully saturated rings. The van der Waals surface area contributed by atoms with Gasteiger partial charge in [0.15, 0.2) is 0 Å². The molecule has 2 rings (SSSR count). The van der Waals surface area contributed by atoms with Crippen LogP contribution in [0.3, 0.4) is 0 Å². The lowest BCUT2D eigenvalue weighted by molar-refractivity contribution is 0.175. The number of nitrogens with zero attached hydrogens (tertiary/aromatic N) is 2. The minimum atomic E-state index is -0.620. The molecule has 5 heteroatoms. The van der Waals surface area contributed by atoms with Crippen LogP contribution in [0.15, 0.2) is 18.2 Å². The van der Waals surface area contributed by atoms with Crippen molar-refractivity contribution in [2.45, 2.75) is 32.8 Å². The highest BCUT2D eigenvalue weighted by atomic mass is 35.5. The van der Waals surface area contributed by atoms with Gasteiger partial charge in [0.1, 0.15) is 0 Å². The molecule has 1 unspecified atom stereocenters. The van der Waals surface area contributed by atoms with E-state index in [1.54, 1.807) is 10.7 Å². The lowest BCUT2D eigenvalue weighted by Gasteiger charge is -2.14. The first-order chi connectivity index (χ1) is 9.43. The monoisotopic (exact) mass is 312 g/mol. The molecule has 20 heavy (non-hydrogen) atoms. The molecular formula is C15H18Cl2N2O. The van der Waals surface area contributed by atoms with Crippen LogP contribution in [0.1, 0.15) is 35.5 Å². The first kappa shape index (κ1) is 15.4. The fraction of sp³-hybridized carbons (Fsp3) is 0.400. The molecule has 0 spiro atoms.